The second-order valence-corrected chi connectivity index (χ2v) is 7.35. The predicted molar refractivity (Wildman–Crippen MR) is 98.6 cm³/mol. The third-order valence-corrected chi connectivity index (χ3v) is 4.97. The van der Waals surface area contributed by atoms with Gasteiger partial charge in [0.25, 0.3) is 0 Å². The molecular weight excluding hydrogens is 332 g/mol. The molecular formula is C20H28N2O4. The monoisotopic (exact) mass is 360 g/mol. The summed E-state index contributed by atoms with van der Waals surface area (Å²) in [5, 5.41) is 12.4. The average molecular weight is 360 g/mol. The summed E-state index contributed by atoms with van der Waals surface area (Å²) in [6, 6.07) is 6.94. The summed E-state index contributed by atoms with van der Waals surface area (Å²) in [5.74, 6) is -1.64. The van der Waals surface area contributed by atoms with Crippen LogP contribution in [0.1, 0.15) is 44.2 Å². The van der Waals surface area contributed by atoms with Gasteiger partial charge in [0.15, 0.2) is 5.78 Å². The number of rotatable bonds is 6. The lowest BCUT2D eigenvalue weighted by Gasteiger charge is -2.23. The topological polar surface area (TPSA) is 86.7 Å². The molecule has 1 aromatic carbocycles. The number of ketones is 1. The van der Waals surface area contributed by atoms with Crippen LogP contribution in [-0.2, 0) is 20.8 Å². The van der Waals surface area contributed by atoms with Crippen LogP contribution in [-0.4, -0.2) is 53.3 Å². The van der Waals surface area contributed by atoms with Crippen LogP contribution in [0.15, 0.2) is 24.3 Å². The molecule has 142 valence electrons. The zero-order valence-corrected chi connectivity index (χ0v) is 15.9. The lowest BCUT2D eigenvalue weighted by Crippen LogP contribution is -2.46. The van der Waals surface area contributed by atoms with Gasteiger partial charge in [0, 0.05) is 20.0 Å². The molecule has 0 spiro atoms. The van der Waals surface area contributed by atoms with Crippen molar-refractivity contribution >= 4 is 17.6 Å². The van der Waals surface area contributed by atoms with Crippen molar-refractivity contribution in [3.63, 3.8) is 0 Å². The first-order chi connectivity index (χ1) is 12.2. The van der Waals surface area contributed by atoms with Crippen LogP contribution in [0.25, 0.3) is 0 Å². The molecule has 1 aliphatic heterocycles. The van der Waals surface area contributed by atoms with Crippen molar-refractivity contribution in [2.24, 2.45) is 5.92 Å². The van der Waals surface area contributed by atoms with Gasteiger partial charge < -0.3 is 15.3 Å². The van der Waals surface area contributed by atoms with Crippen molar-refractivity contribution < 1.29 is 19.5 Å². The SMILES string of the molecule is CC(C)[C@H](O)C(=O)N[C@@H](C)C(=O)CC1C(=O)N(C)CCc2ccccc21. The second-order valence-electron chi connectivity index (χ2n) is 7.35. The molecule has 6 nitrogen and oxygen atoms in total. The average Bonchev–Trinajstić information content (AvgIpc) is 2.73. The smallest absolute Gasteiger partial charge is 0.249 e. The number of hydrogen-bond donors (Lipinski definition) is 2. The Balaban J connectivity index is 2.13. The van der Waals surface area contributed by atoms with E-state index in [0.717, 1.165) is 17.5 Å². The molecule has 0 saturated heterocycles. The standard InChI is InChI=1S/C20H28N2O4/c1-12(2)18(24)19(25)21-13(3)17(23)11-16-15-8-6-5-7-14(15)9-10-22(4)20(16)26/h5-8,12-13,16,18,24H,9-11H2,1-4H3,(H,21,25)/t13-,16?,18-/m0/s1. The highest BCUT2D eigenvalue weighted by atomic mass is 16.3. The Labute approximate surface area is 154 Å². The third-order valence-electron chi connectivity index (χ3n) is 4.97. The van der Waals surface area contributed by atoms with Crippen LogP contribution < -0.4 is 5.32 Å². The normalized spacial score (nSPS) is 19.5. The Kier molecular flexibility index (Phi) is 6.53. The molecule has 0 aliphatic carbocycles. The highest BCUT2D eigenvalue weighted by Crippen LogP contribution is 2.29. The van der Waals surface area contributed by atoms with Crippen LogP contribution in [0, 0.1) is 5.92 Å². The molecule has 6 heteroatoms. The number of likely N-dealkylation sites (N-methyl/N-ethyl adjacent to an activating group) is 1. The van der Waals surface area contributed by atoms with Crippen molar-refractivity contribution in [2.75, 3.05) is 13.6 Å². The highest BCUT2D eigenvalue weighted by molar-refractivity contribution is 5.95. The number of nitrogens with zero attached hydrogens (tertiary/aromatic N) is 1. The maximum atomic E-state index is 12.7. The summed E-state index contributed by atoms with van der Waals surface area (Å²) in [6.45, 7) is 5.67. The molecule has 0 saturated carbocycles. The molecule has 2 amide bonds. The number of amides is 2. The molecule has 1 aromatic rings. The maximum Gasteiger partial charge on any atom is 0.249 e. The van der Waals surface area contributed by atoms with Crippen LogP contribution in [0.4, 0.5) is 0 Å². The Morgan fingerprint density at radius 3 is 2.58 bits per heavy atom. The predicted octanol–water partition coefficient (Wildman–Crippen LogP) is 1.27. The minimum Gasteiger partial charge on any atom is -0.383 e. The fourth-order valence-electron chi connectivity index (χ4n) is 3.16. The van der Waals surface area contributed by atoms with Gasteiger partial charge in [0.1, 0.15) is 6.10 Å². The molecule has 1 heterocycles. The van der Waals surface area contributed by atoms with Crippen LogP contribution in [0.5, 0.6) is 0 Å². The third kappa shape index (κ3) is 4.49. The van der Waals surface area contributed by atoms with Crippen LogP contribution >= 0.6 is 0 Å². The first-order valence-electron chi connectivity index (χ1n) is 9.06. The molecule has 1 aliphatic rings. The quantitative estimate of drug-likeness (QED) is 0.800. The zero-order chi connectivity index (χ0) is 19.4. The summed E-state index contributed by atoms with van der Waals surface area (Å²) in [7, 11) is 1.75. The number of carbonyl (C=O) groups is 3. The number of fused-ring (bicyclic) bond motifs is 1. The van der Waals surface area contributed by atoms with E-state index in [1.165, 1.54) is 0 Å². The van der Waals surface area contributed by atoms with Crippen molar-refractivity contribution in [3.05, 3.63) is 35.4 Å². The maximum absolute atomic E-state index is 12.7. The highest BCUT2D eigenvalue weighted by Gasteiger charge is 2.32. The second kappa shape index (κ2) is 8.45. The molecule has 0 radical (unpaired) electrons. The molecule has 0 aromatic heterocycles. The molecule has 2 N–H and O–H groups in total. The summed E-state index contributed by atoms with van der Waals surface area (Å²) >= 11 is 0. The van der Waals surface area contributed by atoms with Gasteiger partial charge in [-0.05, 0) is 30.4 Å². The van der Waals surface area contributed by atoms with Gasteiger partial charge >= 0.3 is 0 Å². The Morgan fingerprint density at radius 1 is 1.27 bits per heavy atom. The number of benzene rings is 1. The van der Waals surface area contributed by atoms with Gasteiger partial charge in [-0.1, -0.05) is 38.1 Å². The number of aliphatic hydroxyl groups excluding tert-OH is 1. The lowest BCUT2D eigenvalue weighted by molar-refractivity contribution is -0.136. The number of aliphatic hydroxyl groups is 1. The molecule has 0 bridgehead atoms. The lowest BCUT2D eigenvalue weighted by atomic mass is 9.88. The van der Waals surface area contributed by atoms with Gasteiger partial charge in [0.2, 0.25) is 11.8 Å². The molecule has 26 heavy (non-hydrogen) atoms. The fraction of sp³-hybridized carbons (Fsp3) is 0.550. The largest absolute Gasteiger partial charge is 0.383 e. The van der Waals surface area contributed by atoms with Crippen LogP contribution in [0.3, 0.4) is 0 Å². The summed E-state index contributed by atoms with van der Waals surface area (Å²) in [6.07, 6.45) is -0.369. The summed E-state index contributed by atoms with van der Waals surface area (Å²) in [4.78, 5) is 39.0. The van der Waals surface area contributed by atoms with Gasteiger partial charge in [-0.15, -0.1) is 0 Å². The van der Waals surface area contributed by atoms with Crippen molar-refractivity contribution in [3.8, 4) is 0 Å². The Bertz CT molecular complexity index is 686. The van der Waals surface area contributed by atoms with Crippen molar-refractivity contribution in [2.45, 2.75) is 51.7 Å². The van der Waals surface area contributed by atoms with E-state index in [2.05, 4.69) is 5.32 Å². The van der Waals surface area contributed by atoms with Gasteiger partial charge in [-0.25, -0.2) is 0 Å². The van der Waals surface area contributed by atoms with Crippen molar-refractivity contribution in [1.82, 2.24) is 10.2 Å². The first kappa shape index (κ1) is 20.1. The molecule has 2 rings (SSSR count). The first-order valence-corrected chi connectivity index (χ1v) is 9.06. The molecule has 3 atom stereocenters. The van der Waals surface area contributed by atoms with E-state index < -0.39 is 24.0 Å². The van der Waals surface area contributed by atoms with E-state index in [0.29, 0.717) is 6.54 Å². The Morgan fingerprint density at radius 2 is 1.92 bits per heavy atom. The van der Waals surface area contributed by atoms with Gasteiger partial charge in [0.05, 0.1) is 12.0 Å². The fourth-order valence-corrected chi connectivity index (χ4v) is 3.16. The van der Waals surface area contributed by atoms with E-state index in [-0.39, 0.29) is 24.0 Å². The van der Waals surface area contributed by atoms with Crippen LogP contribution in [0.2, 0.25) is 0 Å². The minimum absolute atomic E-state index is 0.0272. The van der Waals surface area contributed by atoms with E-state index in [9.17, 15) is 19.5 Å². The van der Waals surface area contributed by atoms with E-state index in [1.54, 1.807) is 32.7 Å². The van der Waals surface area contributed by atoms with Gasteiger partial charge in [-0.3, -0.25) is 14.4 Å². The number of nitrogens with one attached hydrogen (secondary N) is 1. The van der Waals surface area contributed by atoms with E-state index >= 15 is 0 Å². The molecule has 1 unspecified atom stereocenters. The number of carbonyl (C=O) groups excluding carboxylic acids is 3. The molecule has 0 fully saturated rings. The van der Waals surface area contributed by atoms with Crippen molar-refractivity contribution in [1.29, 1.82) is 0 Å². The summed E-state index contributed by atoms with van der Waals surface area (Å²) < 4.78 is 0. The number of Topliss-reactive ketones (excluding diaryl/α,β-unsaturated/α-hetero) is 1. The summed E-state index contributed by atoms with van der Waals surface area (Å²) in [5.41, 5.74) is 1.96. The van der Waals surface area contributed by atoms with Gasteiger partial charge in [-0.2, -0.15) is 0 Å². The zero-order valence-electron chi connectivity index (χ0n) is 15.9. The Hall–Kier alpha value is -2.21. The van der Waals surface area contributed by atoms with E-state index in [4.69, 9.17) is 0 Å². The number of hydrogen-bond acceptors (Lipinski definition) is 4. The minimum atomic E-state index is -1.16. The van der Waals surface area contributed by atoms with E-state index in [1.807, 2.05) is 24.3 Å².